The molecule has 3 heteroatoms. The van der Waals surface area contributed by atoms with Gasteiger partial charge in [-0.15, -0.1) is 11.3 Å². The van der Waals surface area contributed by atoms with E-state index in [1.165, 1.54) is 64.5 Å². The molecule has 3 aromatic heterocycles. The molecular formula is C33H23NOS. The van der Waals surface area contributed by atoms with Crippen LogP contribution in [0.15, 0.2) is 95.5 Å². The minimum absolute atomic E-state index is 0.939. The SMILES string of the molecule is c1ccc2c(c1)oc1ccc(-c3ccc4sc5c6ncc(c5c4c3)CCc3ccc(cc3)CC6)cc12. The third kappa shape index (κ3) is 3.13. The highest BCUT2D eigenvalue weighted by Gasteiger charge is 2.17. The van der Waals surface area contributed by atoms with Crippen LogP contribution in [0.4, 0.5) is 0 Å². The fraction of sp³-hybridized carbons (Fsp3) is 0.121. The highest BCUT2D eigenvalue weighted by Crippen LogP contribution is 2.41. The molecule has 7 aromatic rings. The Balaban J connectivity index is 1.32. The Morgan fingerprint density at radius 3 is 2.22 bits per heavy atom. The van der Waals surface area contributed by atoms with Crippen LogP contribution in [0.2, 0.25) is 0 Å². The van der Waals surface area contributed by atoms with Crippen LogP contribution < -0.4 is 0 Å². The van der Waals surface area contributed by atoms with E-state index in [0.29, 0.717) is 0 Å². The number of hydrogen-bond acceptors (Lipinski definition) is 3. The Hall–Kier alpha value is -3.95. The van der Waals surface area contributed by atoms with Crippen molar-refractivity contribution in [2.24, 2.45) is 0 Å². The molecule has 0 N–H and O–H groups in total. The number of benzene rings is 4. The Morgan fingerprint density at radius 2 is 1.36 bits per heavy atom. The van der Waals surface area contributed by atoms with Crippen LogP contribution in [0.25, 0.3) is 53.2 Å². The first-order valence-electron chi connectivity index (χ1n) is 12.6. The maximum Gasteiger partial charge on any atom is 0.135 e. The number of nitrogens with zero attached hydrogens (tertiary/aromatic N) is 1. The Labute approximate surface area is 212 Å². The van der Waals surface area contributed by atoms with Crippen molar-refractivity contribution >= 4 is 53.4 Å². The second kappa shape index (κ2) is 7.78. The number of para-hydroxylation sites is 1. The van der Waals surface area contributed by atoms with E-state index in [0.717, 1.165) is 36.8 Å². The van der Waals surface area contributed by atoms with Crippen LogP contribution in [0, 0.1) is 0 Å². The molecule has 4 aliphatic rings. The lowest BCUT2D eigenvalue weighted by atomic mass is 9.95. The largest absolute Gasteiger partial charge is 0.456 e. The van der Waals surface area contributed by atoms with Crippen molar-refractivity contribution in [1.29, 1.82) is 0 Å². The van der Waals surface area contributed by atoms with E-state index in [1.54, 1.807) is 0 Å². The van der Waals surface area contributed by atoms with Gasteiger partial charge in [0.05, 0.1) is 10.4 Å². The molecule has 0 atom stereocenters. The van der Waals surface area contributed by atoms with E-state index in [4.69, 9.17) is 9.40 Å². The van der Waals surface area contributed by atoms with Gasteiger partial charge in [0.1, 0.15) is 11.2 Å². The molecule has 0 radical (unpaired) electrons. The van der Waals surface area contributed by atoms with Crippen molar-refractivity contribution < 1.29 is 4.42 Å². The smallest absolute Gasteiger partial charge is 0.135 e. The average molecular weight is 482 g/mol. The summed E-state index contributed by atoms with van der Waals surface area (Å²) in [6.45, 7) is 0. The standard InChI is InChI=1S/C33H23NOS/c1-2-4-29-25(3-1)26-17-22(12-15-30(26)35-29)23-13-16-31-27(18-23)32-24-11-9-20-5-7-21(8-6-20)10-14-28(34-19-24)33(32)36-31/h1-8,12-13,15-19H,9-11,14H2. The molecule has 0 saturated heterocycles. The number of aromatic nitrogens is 1. The highest BCUT2D eigenvalue weighted by molar-refractivity contribution is 7.26. The number of pyridine rings is 1. The van der Waals surface area contributed by atoms with Gasteiger partial charge in [-0.3, -0.25) is 4.98 Å². The van der Waals surface area contributed by atoms with E-state index in [9.17, 15) is 0 Å². The van der Waals surface area contributed by atoms with E-state index in [-0.39, 0.29) is 0 Å². The first-order valence-corrected chi connectivity index (χ1v) is 13.4. The lowest BCUT2D eigenvalue weighted by Crippen LogP contribution is -2.01. The molecule has 0 amide bonds. The van der Waals surface area contributed by atoms with Crippen molar-refractivity contribution in [3.63, 3.8) is 0 Å². The van der Waals surface area contributed by atoms with E-state index >= 15 is 0 Å². The zero-order valence-corrected chi connectivity index (χ0v) is 20.6. The zero-order chi connectivity index (χ0) is 23.6. The van der Waals surface area contributed by atoms with Gasteiger partial charge < -0.3 is 4.42 Å². The predicted molar refractivity (Wildman–Crippen MR) is 151 cm³/mol. The van der Waals surface area contributed by atoms with Crippen LogP contribution in [-0.4, -0.2) is 4.98 Å². The lowest BCUT2D eigenvalue weighted by Gasteiger charge is -2.11. The maximum absolute atomic E-state index is 6.06. The van der Waals surface area contributed by atoms with Crippen molar-refractivity contribution in [2.75, 3.05) is 0 Å². The van der Waals surface area contributed by atoms with Crippen LogP contribution in [0.3, 0.4) is 0 Å². The number of hydrogen-bond donors (Lipinski definition) is 0. The number of fused-ring (bicyclic) bond motifs is 4. The minimum atomic E-state index is 0.939. The normalized spacial score (nSPS) is 13.7. The molecule has 2 aliphatic carbocycles. The molecule has 2 nitrogen and oxygen atoms in total. The molecule has 0 spiro atoms. The molecule has 0 fully saturated rings. The van der Waals surface area contributed by atoms with Gasteiger partial charge in [-0.25, -0.2) is 0 Å². The summed E-state index contributed by atoms with van der Waals surface area (Å²) >= 11 is 1.90. The Morgan fingerprint density at radius 1 is 0.639 bits per heavy atom. The quantitative estimate of drug-likeness (QED) is 0.234. The van der Waals surface area contributed by atoms with Crippen molar-refractivity contribution in [2.45, 2.75) is 25.7 Å². The van der Waals surface area contributed by atoms with Crippen LogP contribution in [-0.2, 0) is 25.7 Å². The van der Waals surface area contributed by atoms with Gasteiger partial charge in [0, 0.05) is 32.4 Å². The first kappa shape index (κ1) is 20.3. The van der Waals surface area contributed by atoms with E-state index in [1.807, 2.05) is 23.5 Å². The van der Waals surface area contributed by atoms with Crippen LogP contribution in [0.5, 0.6) is 0 Å². The third-order valence-corrected chi connectivity index (χ3v) is 8.93. The summed E-state index contributed by atoms with van der Waals surface area (Å²) in [7, 11) is 0. The van der Waals surface area contributed by atoms with Crippen molar-refractivity contribution in [3.05, 3.63) is 114 Å². The number of rotatable bonds is 1. The highest BCUT2D eigenvalue weighted by atomic mass is 32.1. The fourth-order valence-electron chi connectivity index (χ4n) is 5.77. The van der Waals surface area contributed by atoms with Crippen molar-refractivity contribution in [1.82, 2.24) is 4.98 Å². The summed E-state index contributed by atoms with van der Waals surface area (Å²) in [5.74, 6) is 0. The Bertz CT molecular complexity index is 1940. The molecule has 5 heterocycles. The second-order valence-corrected chi connectivity index (χ2v) is 10.9. The lowest BCUT2D eigenvalue weighted by molar-refractivity contribution is 0.669. The summed E-state index contributed by atoms with van der Waals surface area (Å²) in [4.78, 5) is 4.97. The third-order valence-electron chi connectivity index (χ3n) is 7.71. The number of aryl methyl sites for hydroxylation is 4. The molecule has 2 aliphatic heterocycles. The summed E-state index contributed by atoms with van der Waals surface area (Å²) in [5, 5.41) is 5.11. The van der Waals surface area contributed by atoms with Crippen LogP contribution >= 0.6 is 11.3 Å². The number of thiophene rings is 1. The summed E-state index contributed by atoms with van der Waals surface area (Å²) in [6, 6.07) is 31.0. The molecule has 0 saturated carbocycles. The topological polar surface area (TPSA) is 26.0 Å². The van der Waals surface area contributed by atoms with Gasteiger partial charge in [-0.2, -0.15) is 0 Å². The van der Waals surface area contributed by atoms with Gasteiger partial charge in [-0.1, -0.05) is 54.6 Å². The first-order chi connectivity index (χ1) is 17.8. The van der Waals surface area contributed by atoms with Crippen LogP contribution in [0.1, 0.15) is 22.4 Å². The Kier molecular flexibility index (Phi) is 4.38. The summed E-state index contributed by atoms with van der Waals surface area (Å²) in [6.07, 6.45) is 6.19. The summed E-state index contributed by atoms with van der Waals surface area (Å²) < 4.78 is 8.77. The maximum atomic E-state index is 6.06. The zero-order valence-electron chi connectivity index (χ0n) is 19.8. The molecule has 172 valence electrons. The van der Waals surface area contributed by atoms with Crippen molar-refractivity contribution in [3.8, 4) is 11.1 Å². The van der Waals surface area contributed by atoms with Gasteiger partial charge in [0.2, 0.25) is 0 Å². The minimum Gasteiger partial charge on any atom is -0.456 e. The summed E-state index contributed by atoms with van der Waals surface area (Å²) in [5.41, 5.74) is 9.73. The fourth-order valence-corrected chi connectivity index (χ4v) is 7.01. The average Bonchev–Trinajstić information content (AvgIpc) is 3.48. The molecule has 11 rings (SSSR count). The molecule has 4 bridgehead atoms. The predicted octanol–water partition coefficient (Wildman–Crippen LogP) is 8.90. The monoisotopic (exact) mass is 481 g/mol. The van der Waals surface area contributed by atoms with E-state index in [2.05, 4.69) is 79.0 Å². The van der Waals surface area contributed by atoms with Gasteiger partial charge >= 0.3 is 0 Å². The number of furan rings is 1. The second-order valence-electron chi connectivity index (χ2n) is 9.87. The van der Waals surface area contributed by atoms with Gasteiger partial charge in [-0.05, 0) is 83.8 Å². The molecule has 4 aromatic carbocycles. The molecule has 0 unspecified atom stereocenters. The van der Waals surface area contributed by atoms with Gasteiger partial charge in [0.15, 0.2) is 0 Å². The van der Waals surface area contributed by atoms with Gasteiger partial charge in [0.25, 0.3) is 0 Å². The molecule has 36 heavy (non-hydrogen) atoms. The molecular weight excluding hydrogens is 458 g/mol. The van der Waals surface area contributed by atoms with E-state index < -0.39 is 0 Å².